The summed E-state index contributed by atoms with van der Waals surface area (Å²) in [7, 11) is 1.75. The standard InChI is InChI=1S/C13H20N2O.ClH/c1-9(2)11-5-7-12(8-6-11)15(4)13(16)10(3)14;/h5-10H,14H2,1-4H3;1H/t10-;/m0./s1. The molecular weight excluding hydrogens is 236 g/mol. The van der Waals surface area contributed by atoms with Crippen molar-refractivity contribution in [2.75, 3.05) is 11.9 Å². The van der Waals surface area contributed by atoms with E-state index in [-0.39, 0.29) is 18.3 Å². The van der Waals surface area contributed by atoms with Gasteiger partial charge in [-0.2, -0.15) is 0 Å². The molecule has 0 aromatic heterocycles. The van der Waals surface area contributed by atoms with Crippen LogP contribution in [-0.2, 0) is 4.79 Å². The number of carbonyl (C=O) groups excluding carboxylic acids is 1. The lowest BCUT2D eigenvalue weighted by Crippen LogP contribution is -2.39. The van der Waals surface area contributed by atoms with Crippen molar-refractivity contribution in [1.82, 2.24) is 0 Å². The van der Waals surface area contributed by atoms with Crippen molar-refractivity contribution in [3.63, 3.8) is 0 Å². The van der Waals surface area contributed by atoms with Gasteiger partial charge < -0.3 is 10.6 Å². The van der Waals surface area contributed by atoms with E-state index in [1.807, 2.05) is 24.3 Å². The van der Waals surface area contributed by atoms with E-state index in [1.54, 1.807) is 18.9 Å². The fourth-order valence-corrected chi connectivity index (χ4v) is 1.52. The highest BCUT2D eigenvalue weighted by atomic mass is 35.5. The first-order valence-corrected chi connectivity index (χ1v) is 5.56. The van der Waals surface area contributed by atoms with Crippen LogP contribution in [0.15, 0.2) is 24.3 Å². The maximum Gasteiger partial charge on any atom is 0.243 e. The third-order valence-corrected chi connectivity index (χ3v) is 2.67. The second kappa shape index (κ2) is 6.62. The van der Waals surface area contributed by atoms with E-state index >= 15 is 0 Å². The Bertz CT molecular complexity index is 360. The third-order valence-electron chi connectivity index (χ3n) is 2.67. The van der Waals surface area contributed by atoms with E-state index < -0.39 is 6.04 Å². The Kier molecular flexibility index (Phi) is 6.21. The first-order chi connectivity index (χ1) is 7.43. The molecule has 1 amide bonds. The van der Waals surface area contributed by atoms with Gasteiger partial charge in [-0.3, -0.25) is 4.79 Å². The van der Waals surface area contributed by atoms with Gasteiger partial charge in [-0.05, 0) is 30.5 Å². The number of nitrogens with two attached hydrogens (primary N) is 1. The summed E-state index contributed by atoms with van der Waals surface area (Å²) in [6.45, 7) is 5.99. The van der Waals surface area contributed by atoms with Crippen LogP contribution in [0.25, 0.3) is 0 Å². The van der Waals surface area contributed by atoms with Crippen molar-refractivity contribution in [2.24, 2.45) is 5.73 Å². The van der Waals surface area contributed by atoms with Gasteiger partial charge in [0.15, 0.2) is 0 Å². The number of likely N-dealkylation sites (N-methyl/N-ethyl adjacent to an activating group) is 1. The normalized spacial score (nSPS) is 11.9. The minimum Gasteiger partial charge on any atom is -0.320 e. The Balaban J connectivity index is 0.00000256. The largest absolute Gasteiger partial charge is 0.320 e. The zero-order valence-electron chi connectivity index (χ0n) is 10.8. The van der Waals surface area contributed by atoms with Crippen LogP contribution in [0.3, 0.4) is 0 Å². The maximum atomic E-state index is 11.7. The van der Waals surface area contributed by atoms with Crippen LogP contribution in [0, 0.1) is 0 Å². The van der Waals surface area contributed by atoms with Crippen LogP contribution in [0.1, 0.15) is 32.3 Å². The number of nitrogens with zero attached hydrogens (tertiary/aromatic N) is 1. The van der Waals surface area contributed by atoms with E-state index in [0.29, 0.717) is 5.92 Å². The topological polar surface area (TPSA) is 46.3 Å². The summed E-state index contributed by atoms with van der Waals surface area (Å²) in [5.41, 5.74) is 7.71. The minimum atomic E-state index is -0.463. The van der Waals surface area contributed by atoms with E-state index in [1.165, 1.54) is 5.56 Å². The lowest BCUT2D eigenvalue weighted by atomic mass is 10.0. The molecule has 1 aromatic carbocycles. The van der Waals surface area contributed by atoms with Crippen molar-refractivity contribution in [3.05, 3.63) is 29.8 Å². The van der Waals surface area contributed by atoms with Crippen LogP contribution < -0.4 is 10.6 Å². The monoisotopic (exact) mass is 256 g/mol. The van der Waals surface area contributed by atoms with Crippen molar-refractivity contribution in [3.8, 4) is 0 Å². The van der Waals surface area contributed by atoms with Gasteiger partial charge in [0.1, 0.15) is 0 Å². The zero-order chi connectivity index (χ0) is 12.3. The van der Waals surface area contributed by atoms with Gasteiger partial charge in [0, 0.05) is 12.7 Å². The Hall–Kier alpha value is -1.06. The summed E-state index contributed by atoms with van der Waals surface area (Å²) in [4.78, 5) is 13.3. The molecule has 0 heterocycles. The molecule has 1 atom stereocenters. The minimum absolute atomic E-state index is 0. The molecule has 0 fully saturated rings. The van der Waals surface area contributed by atoms with Gasteiger partial charge in [-0.1, -0.05) is 26.0 Å². The molecule has 2 N–H and O–H groups in total. The molecule has 0 bridgehead atoms. The van der Waals surface area contributed by atoms with E-state index in [0.717, 1.165) is 5.69 Å². The number of carbonyl (C=O) groups is 1. The number of benzene rings is 1. The second-order valence-corrected chi connectivity index (χ2v) is 4.43. The Labute approximate surface area is 109 Å². The van der Waals surface area contributed by atoms with Gasteiger partial charge in [0.25, 0.3) is 0 Å². The molecule has 0 aliphatic rings. The van der Waals surface area contributed by atoms with Crippen LogP contribution in [0.5, 0.6) is 0 Å². The van der Waals surface area contributed by atoms with Crippen molar-refractivity contribution >= 4 is 24.0 Å². The average Bonchev–Trinajstić information content (AvgIpc) is 2.27. The van der Waals surface area contributed by atoms with Gasteiger partial charge in [-0.25, -0.2) is 0 Å². The quantitative estimate of drug-likeness (QED) is 0.904. The second-order valence-electron chi connectivity index (χ2n) is 4.43. The Morgan fingerprint density at radius 2 is 1.65 bits per heavy atom. The lowest BCUT2D eigenvalue weighted by molar-refractivity contribution is -0.119. The van der Waals surface area contributed by atoms with Crippen molar-refractivity contribution in [2.45, 2.75) is 32.7 Å². The number of amides is 1. The molecule has 0 spiro atoms. The number of halogens is 1. The first kappa shape index (κ1) is 15.9. The van der Waals surface area contributed by atoms with E-state index in [2.05, 4.69) is 13.8 Å². The number of hydrogen-bond donors (Lipinski definition) is 1. The molecule has 0 radical (unpaired) electrons. The maximum absolute atomic E-state index is 11.7. The smallest absolute Gasteiger partial charge is 0.243 e. The summed E-state index contributed by atoms with van der Waals surface area (Å²) >= 11 is 0. The highest BCUT2D eigenvalue weighted by molar-refractivity contribution is 5.96. The molecule has 0 unspecified atom stereocenters. The zero-order valence-corrected chi connectivity index (χ0v) is 11.6. The molecule has 1 rings (SSSR count). The summed E-state index contributed by atoms with van der Waals surface area (Å²) < 4.78 is 0. The number of hydrogen-bond acceptors (Lipinski definition) is 2. The lowest BCUT2D eigenvalue weighted by Gasteiger charge is -2.20. The first-order valence-electron chi connectivity index (χ1n) is 5.56. The van der Waals surface area contributed by atoms with Crippen molar-refractivity contribution < 1.29 is 4.79 Å². The third kappa shape index (κ3) is 4.02. The SMILES string of the molecule is CC(C)c1ccc(N(C)C(=O)[C@H](C)N)cc1.Cl. The van der Waals surface area contributed by atoms with Crippen LogP contribution in [0.2, 0.25) is 0 Å². The van der Waals surface area contributed by atoms with Crippen LogP contribution >= 0.6 is 12.4 Å². The average molecular weight is 257 g/mol. The molecule has 0 saturated carbocycles. The molecule has 96 valence electrons. The summed E-state index contributed by atoms with van der Waals surface area (Å²) in [5.74, 6) is 0.431. The molecule has 0 aliphatic heterocycles. The summed E-state index contributed by atoms with van der Waals surface area (Å²) in [6, 6.07) is 7.54. The van der Waals surface area contributed by atoms with Gasteiger partial charge in [0.2, 0.25) is 5.91 Å². The Morgan fingerprint density at radius 3 is 2.00 bits per heavy atom. The Morgan fingerprint density at radius 1 is 1.18 bits per heavy atom. The van der Waals surface area contributed by atoms with Gasteiger partial charge >= 0.3 is 0 Å². The molecule has 0 saturated heterocycles. The number of rotatable bonds is 3. The summed E-state index contributed by atoms with van der Waals surface area (Å²) in [6.07, 6.45) is 0. The molecule has 3 nitrogen and oxygen atoms in total. The molecular formula is C13H21ClN2O. The fraction of sp³-hybridized carbons (Fsp3) is 0.462. The van der Waals surface area contributed by atoms with E-state index in [9.17, 15) is 4.79 Å². The highest BCUT2D eigenvalue weighted by Crippen LogP contribution is 2.19. The van der Waals surface area contributed by atoms with Crippen molar-refractivity contribution in [1.29, 1.82) is 0 Å². The van der Waals surface area contributed by atoms with Crippen LogP contribution in [0.4, 0.5) is 5.69 Å². The van der Waals surface area contributed by atoms with Gasteiger partial charge in [-0.15, -0.1) is 12.4 Å². The number of anilines is 1. The highest BCUT2D eigenvalue weighted by Gasteiger charge is 2.14. The summed E-state index contributed by atoms with van der Waals surface area (Å²) in [5, 5.41) is 0. The van der Waals surface area contributed by atoms with Gasteiger partial charge in [0.05, 0.1) is 6.04 Å². The van der Waals surface area contributed by atoms with E-state index in [4.69, 9.17) is 5.73 Å². The molecule has 4 heteroatoms. The predicted octanol–water partition coefficient (Wildman–Crippen LogP) is 2.54. The predicted molar refractivity (Wildman–Crippen MR) is 74.8 cm³/mol. The molecule has 0 aliphatic carbocycles. The molecule has 17 heavy (non-hydrogen) atoms. The van der Waals surface area contributed by atoms with Crippen LogP contribution in [-0.4, -0.2) is 19.0 Å². The molecule has 1 aromatic rings. The fourth-order valence-electron chi connectivity index (χ4n) is 1.52.